The lowest BCUT2D eigenvalue weighted by molar-refractivity contribution is -0.387. The third-order valence-electron chi connectivity index (χ3n) is 2.58. The predicted octanol–water partition coefficient (Wildman–Crippen LogP) is 1.65. The molecule has 1 aromatic rings. The van der Waals surface area contributed by atoms with Crippen LogP contribution in [0, 0.1) is 15.5 Å². The van der Waals surface area contributed by atoms with Crippen LogP contribution in [0.5, 0.6) is 0 Å². The molecular formula is C11H15BrN2O5S. The number of aliphatic hydroxyl groups excluding tert-OH is 1. The van der Waals surface area contributed by atoms with Gasteiger partial charge in [0.25, 0.3) is 5.69 Å². The molecule has 0 heterocycles. The molecule has 0 saturated heterocycles. The average molecular weight is 367 g/mol. The molecule has 0 saturated carbocycles. The molecule has 1 rings (SSSR count). The van der Waals surface area contributed by atoms with Crippen molar-refractivity contribution in [1.29, 1.82) is 0 Å². The first-order valence-corrected chi connectivity index (χ1v) is 7.91. The number of sulfonamides is 1. The van der Waals surface area contributed by atoms with Crippen LogP contribution in [-0.2, 0) is 10.0 Å². The van der Waals surface area contributed by atoms with E-state index in [1.54, 1.807) is 13.8 Å². The highest BCUT2D eigenvalue weighted by molar-refractivity contribution is 9.10. The second-order valence-electron chi connectivity index (χ2n) is 5.02. The number of rotatable bonds is 6. The number of aliphatic hydroxyl groups is 1. The zero-order valence-corrected chi connectivity index (χ0v) is 13.4. The molecule has 0 aliphatic rings. The monoisotopic (exact) mass is 366 g/mol. The Morgan fingerprint density at radius 2 is 2.05 bits per heavy atom. The zero-order chi connectivity index (χ0) is 15.6. The van der Waals surface area contributed by atoms with Gasteiger partial charge in [0.05, 0.1) is 4.92 Å². The van der Waals surface area contributed by atoms with Crippen LogP contribution in [0.25, 0.3) is 0 Å². The quantitative estimate of drug-likeness (QED) is 0.587. The van der Waals surface area contributed by atoms with Crippen molar-refractivity contribution in [1.82, 2.24) is 4.72 Å². The fraction of sp³-hybridized carbons (Fsp3) is 0.455. The predicted molar refractivity (Wildman–Crippen MR) is 76.9 cm³/mol. The maximum Gasteiger partial charge on any atom is 0.289 e. The van der Waals surface area contributed by atoms with Crippen LogP contribution in [0.4, 0.5) is 5.69 Å². The Balaban J connectivity index is 3.16. The van der Waals surface area contributed by atoms with Gasteiger partial charge in [-0.3, -0.25) is 10.1 Å². The molecule has 0 aliphatic carbocycles. The third kappa shape index (κ3) is 4.23. The lowest BCUT2D eigenvalue weighted by Gasteiger charge is -2.21. The van der Waals surface area contributed by atoms with E-state index in [0.717, 1.165) is 6.07 Å². The first kappa shape index (κ1) is 17.0. The molecule has 0 unspecified atom stereocenters. The zero-order valence-electron chi connectivity index (χ0n) is 11.0. The summed E-state index contributed by atoms with van der Waals surface area (Å²) in [5.41, 5.74) is -1.16. The molecule has 0 radical (unpaired) electrons. The number of hydrogen-bond acceptors (Lipinski definition) is 5. The number of nitro benzene ring substituents is 1. The van der Waals surface area contributed by atoms with Crippen LogP contribution in [0.2, 0.25) is 0 Å². The van der Waals surface area contributed by atoms with E-state index >= 15 is 0 Å². The Morgan fingerprint density at radius 3 is 2.55 bits per heavy atom. The Kier molecular flexibility index (Phi) is 5.25. The highest BCUT2D eigenvalue weighted by atomic mass is 79.9. The molecule has 112 valence electrons. The minimum Gasteiger partial charge on any atom is -0.396 e. The molecule has 0 aromatic heterocycles. The second kappa shape index (κ2) is 6.17. The summed E-state index contributed by atoms with van der Waals surface area (Å²) in [4.78, 5) is 9.73. The lowest BCUT2D eigenvalue weighted by atomic mass is 9.96. The Morgan fingerprint density at radius 1 is 1.45 bits per heavy atom. The SMILES string of the molecule is CC(C)(CO)CNS(=O)(=O)c1cc(Br)ccc1[N+](=O)[O-]. The molecule has 0 aliphatic heterocycles. The van der Waals surface area contributed by atoms with Gasteiger partial charge in [-0.2, -0.15) is 0 Å². The van der Waals surface area contributed by atoms with E-state index in [4.69, 9.17) is 5.11 Å². The molecule has 0 bridgehead atoms. The lowest BCUT2D eigenvalue weighted by Crippen LogP contribution is -2.36. The van der Waals surface area contributed by atoms with Crippen LogP contribution >= 0.6 is 15.9 Å². The van der Waals surface area contributed by atoms with Crippen molar-refractivity contribution >= 4 is 31.6 Å². The first-order chi connectivity index (χ1) is 9.09. The van der Waals surface area contributed by atoms with E-state index in [2.05, 4.69) is 20.7 Å². The molecule has 0 amide bonds. The summed E-state index contributed by atoms with van der Waals surface area (Å²) >= 11 is 3.09. The number of halogens is 1. The van der Waals surface area contributed by atoms with Crippen molar-refractivity contribution in [3.63, 3.8) is 0 Å². The van der Waals surface area contributed by atoms with Crippen molar-refractivity contribution in [3.8, 4) is 0 Å². The molecule has 2 N–H and O–H groups in total. The van der Waals surface area contributed by atoms with E-state index in [1.165, 1.54) is 12.1 Å². The van der Waals surface area contributed by atoms with E-state index in [-0.39, 0.29) is 13.2 Å². The maximum absolute atomic E-state index is 12.2. The molecule has 0 spiro atoms. The van der Waals surface area contributed by atoms with Crippen LogP contribution in [0.1, 0.15) is 13.8 Å². The van der Waals surface area contributed by atoms with Gasteiger partial charge in [-0.1, -0.05) is 29.8 Å². The first-order valence-electron chi connectivity index (χ1n) is 5.63. The van der Waals surface area contributed by atoms with E-state index in [0.29, 0.717) is 4.47 Å². The maximum atomic E-state index is 12.2. The molecule has 1 aromatic carbocycles. The minimum absolute atomic E-state index is 0.0322. The number of hydrogen-bond donors (Lipinski definition) is 2. The summed E-state index contributed by atoms with van der Waals surface area (Å²) in [5, 5.41) is 20.0. The van der Waals surface area contributed by atoms with Gasteiger partial charge in [0.15, 0.2) is 4.90 Å². The van der Waals surface area contributed by atoms with Crippen LogP contribution in [0.15, 0.2) is 27.6 Å². The number of benzene rings is 1. The Bertz CT molecular complexity index is 615. The number of nitrogens with one attached hydrogen (secondary N) is 1. The smallest absolute Gasteiger partial charge is 0.289 e. The van der Waals surface area contributed by atoms with Gasteiger partial charge in [0.1, 0.15) is 0 Å². The fourth-order valence-corrected chi connectivity index (χ4v) is 3.23. The van der Waals surface area contributed by atoms with Gasteiger partial charge in [-0.15, -0.1) is 0 Å². The second-order valence-corrected chi connectivity index (χ2v) is 7.67. The van der Waals surface area contributed by atoms with Gasteiger partial charge in [-0.05, 0) is 12.1 Å². The van der Waals surface area contributed by atoms with Crippen LogP contribution < -0.4 is 4.72 Å². The number of nitrogens with zero attached hydrogens (tertiary/aromatic N) is 1. The highest BCUT2D eigenvalue weighted by Gasteiger charge is 2.28. The molecule has 0 fully saturated rings. The molecular weight excluding hydrogens is 352 g/mol. The minimum atomic E-state index is -4.03. The standard InChI is InChI=1S/C11H15BrN2O5S/c1-11(2,7-15)6-13-20(18,19)10-5-8(12)3-4-9(10)14(16)17/h3-5,13,15H,6-7H2,1-2H3. The summed E-state index contributed by atoms with van der Waals surface area (Å²) in [6, 6.07) is 3.69. The van der Waals surface area contributed by atoms with Crippen molar-refractivity contribution in [2.24, 2.45) is 5.41 Å². The summed E-state index contributed by atoms with van der Waals surface area (Å²) in [6.45, 7) is 3.10. The largest absolute Gasteiger partial charge is 0.396 e. The van der Waals surface area contributed by atoms with Crippen molar-refractivity contribution in [2.75, 3.05) is 13.2 Å². The summed E-state index contributed by atoms with van der Waals surface area (Å²) in [7, 11) is -4.03. The van der Waals surface area contributed by atoms with Crippen LogP contribution in [0.3, 0.4) is 0 Å². The van der Waals surface area contributed by atoms with Gasteiger partial charge in [-0.25, -0.2) is 13.1 Å². The highest BCUT2D eigenvalue weighted by Crippen LogP contribution is 2.27. The Labute approximate surface area is 125 Å². The van der Waals surface area contributed by atoms with Crippen LogP contribution in [-0.4, -0.2) is 31.6 Å². The normalized spacial score (nSPS) is 12.4. The topological polar surface area (TPSA) is 110 Å². The van der Waals surface area contributed by atoms with E-state index in [1.807, 2.05) is 0 Å². The number of nitro groups is 1. The molecule has 7 nitrogen and oxygen atoms in total. The average Bonchev–Trinajstić information content (AvgIpc) is 2.36. The van der Waals surface area contributed by atoms with Gasteiger partial charge in [0.2, 0.25) is 10.0 Å². The summed E-state index contributed by atoms with van der Waals surface area (Å²) in [6.07, 6.45) is 0. The van der Waals surface area contributed by atoms with E-state index < -0.39 is 30.9 Å². The Hall–Kier alpha value is -1.03. The molecule has 9 heteroatoms. The van der Waals surface area contributed by atoms with Gasteiger partial charge < -0.3 is 5.11 Å². The van der Waals surface area contributed by atoms with E-state index in [9.17, 15) is 18.5 Å². The summed E-state index contributed by atoms with van der Waals surface area (Å²) < 4.78 is 27.0. The molecule has 20 heavy (non-hydrogen) atoms. The van der Waals surface area contributed by atoms with Gasteiger partial charge >= 0.3 is 0 Å². The van der Waals surface area contributed by atoms with Crippen molar-refractivity contribution in [3.05, 3.63) is 32.8 Å². The van der Waals surface area contributed by atoms with Crippen molar-refractivity contribution in [2.45, 2.75) is 18.7 Å². The summed E-state index contributed by atoms with van der Waals surface area (Å²) in [5.74, 6) is 0. The molecule has 0 atom stereocenters. The fourth-order valence-electron chi connectivity index (χ4n) is 1.28. The van der Waals surface area contributed by atoms with Gasteiger partial charge in [0, 0.05) is 29.1 Å². The third-order valence-corrected chi connectivity index (χ3v) is 4.50. The van der Waals surface area contributed by atoms with Crippen molar-refractivity contribution < 1.29 is 18.4 Å².